The third-order valence-corrected chi connectivity index (χ3v) is 1.71. The summed E-state index contributed by atoms with van der Waals surface area (Å²) in [6.45, 7) is 0. The molecule has 4 atom stereocenters. The fourth-order valence-corrected chi connectivity index (χ4v) is 1.12. The highest BCUT2D eigenvalue weighted by Crippen LogP contribution is 2.22. The third-order valence-electron chi connectivity index (χ3n) is 1.71. The van der Waals surface area contributed by atoms with Gasteiger partial charge in [0, 0.05) is 14.2 Å². The molecule has 0 aromatic heterocycles. The van der Waals surface area contributed by atoms with E-state index in [-0.39, 0.29) is 0 Å². The normalized spacial score (nSPS) is 44.7. The van der Waals surface area contributed by atoms with Gasteiger partial charge in [-0.2, -0.15) is 0 Å². The van der Waals surface area contributed by atoms with Crippen LogP contribution in [0.4, 0.5) is 0 Å². The summed E-state index contributed by atoms with van der Waals surface area (Å²) in [7, 11) is 2.84. The predicted molar refractivity (Wildman–Crippen MR) is 34.7 cm³/mol. The van der Waals surface area contributed by atoms with Crippen molar-refractivity contribution in [2.24, 2.45) is 0 Å². The Kier molecular flexibility index (Phi) is 2.80. The summed E-state index contributed by atoms with van der Waals surface area (Å²) in [5.41, 5.74) is 0. The van der Waals surface area contributed by atoms with E-state index < -0.39 is 24.8 Å². The molecule has 1 fully saturated rings. The maximum absolute atomic E-state index is 9.07. The van der Waals surface area contributed by atoms with Crippen molar-refractivity contribution >= 4 is 0 Å². The van der Waals surface area contributed by atoms with E-state index >= 15 is 0 Å². The van der Waals surface area contributed by atoms with Gasteiger partial charge in [-0.1, -0.05) is 0 Å². The van der Waals surface area contributed by atoms with Crippen LogP contribution in [0.2, 0.25) is 0 Å². The van der Waals surface area contributed by atoms with E-state index in [2.05, 4.69) is 4.74 Å². The number of ether oxygens (including phenoxy) is 3. The lowest BCUT2D eigenvalue weighted by Crippen LogP contribution is -2.35. The second-order valence-electron chi connectivity index (χ2n) is 2.32. The van der Waals surface area contributed by atoms with Crippen molar-refractivity contribution in [2.75, 3.05) is 14.2 Å². The predicted octanol–water partition coefficient (Wildman–Crippen LogP) is -1.32. The Morgan fingerprint density at radius 2 is 1.36 bits per heavy atom. The van der Waals surface area contributed by atoms with Crippen molar-refractivity contribution in [3.8, 4) is 0 Å². The first-order chi connectivity index (χ1) is 5.20. The van der Waals surface area contributed by atoms with E-state index in [0.717, 1.165) is 0 Å². The zero-order valence-electron chi connectivity index (χ0n) is 6.43. The maximum Gasteiger partial charge on any atom is 0.187 e. The topological polar surface area (TPSA) is 68.2 Å². The third kappa shape index (κ3) is 1.52. The number of rotatable bonds is 2. The van der Waals surface area contributed by atoms with Crippen molar-refractivity contribution < 1.29 is 24.4 Å². The summed E-state index contributed by atoms with van der Waals surface area (Å²) in [6, 6.07) is 0. The molecule has 0 saturated carbocycles. The van der Waals surface area contributed by atoms with E-state index in [1.165, 1.54) is 14.2 Å². The molecular formula is C6H12O5. The molecule has 5 heteroatoms. The molecule has 0 aromatic rings. The average molecular weight is 164 g/mol. The molecule has 0 spiro atoms. The molecule has 5 nitrogen and oxygen atoms in total. The Morgan fingerprint density at radius 1 is 1.00 bits per heavy atom. The van der Waals surface area contributed by atoms with Gasteiger partial charge in [-0.15, -0.1) is 0 Å². The van der Waals surface area contributed by atoms with Crippen LogP contribution in [0.3, 0.4) is 0 Å². The Balaban J connectivity index is 2.59. The Morgan fingerprint density at radius 3 is 1.64 bits per heavy atom. The van der Waals surface area contributed by atoms with Crippen molar-refractivity contribution in [1.29, 1.82) is 0 Å². The van der Waals surface area contributed by atoms with E-state index in [9.17, 15) is 0 Å². The lowest BCUT2D eigenvalue weighted by atomic mass is 10.2. The monoisotopic (exact) mass is 164 g/mol. The van der Waals surface area contributed by atoms with Gasteiger partial charge in [-0.25, -0.2) is 0 Å². The molecule has 1 unspecified atom stereocenters. The molecule has 0 bridgehead atoms. The summed E-state index contributed by atoms with van der Waals surface area (Å²) < 4.78 is 14.3. The van der Waals surface area contributed by atoms with Gasteiger partial charge in [0.2, 0.25) is 0 Å². The number of hydrogen-bond donors (Lipinski definition) is 2. The number of methoxy groups -OCH3 is 2. The van der Waals surface area contributed by atoms with E-state index in [0.29, 0.717) is 0 Å². The molecule has 0 amide bonds. The fraction of sp³-hybridized carbons (Fsp3) is 1.00. The minimum Gasteiger partial charge on any atom is -0.373 e. The largest absolute Gasteiger partial charge is 0.373 e. The summed E-state index contributed by atoms with van der Waals surface area (Å²) in [5, 5.41) is 18.1. The lowest BCUT2D eigenvalue weighted by molar-refractivity contribution is -0.184. The summed E-state index contributed by atoms with van der Waals surface area (Å²) in [4.78, 5) is 0. The van der Waals surface area contributed by atoms with Gasteiger partial charge >= 0.3 is 0 Å². The molecule has 0 aliphatic carbocycles. The molecule has 1 rings (SSSR count). The van der Waals surface area contributed by atoms with Gasteiger partial charge in [0.05, 0.1) is 0 Å². The van der Waals surface area contributed by atoms with Crippen LogP contribution in [-0.4, -0.2) is 49.2 Å². The van der Waals surface area contributed by atoms with Gasteiger partial charge in [0.1, 0.15) is 12.2 Å². The highest BCUT2D eigenvalue weighted by atomic mass is 16.7. The molecule has 0 radical (unpaired) electrons. The van der Waals surface area contributed by atoms with Crippen molar-refractivity contribution in [3.05, 3.63) is 0 Å². The quantitative estimate of drug-likeness (QED) is 0.530. The van der Waals surface area contributed by atoms with E-state index in [1.807, 2.05) is 0 Å². The lowest BCUT2D eigenvalue weighted by Gasteiger charge is -2.16. The molecule has 66 valence electrons. The first kappa shape index (κ1) is 8.89. The molecule has 2 N–H and O–H groups in total. The van der Waals surface area contributed by atoms with Crippen LogP contribution >= 0.6 is 0 Å². The molecule has 1 aliphatic rings. The van der Waals surface area contributed by atoms with Gasteiger partial charge in [-0.3, -0.25) is 0 Å². The standard InChI is InChI=1S/C6H12O5/c1-9-3-4(10-2)6(8)11-5(3)7/h3-8H,1-2H3/t3-,4-,5+,6?/m1/s1. The molecule has 1 heterocycles. The Hall–Kier alpha value is -0.200. The van der Waals surface area contributed by atoms with Gasteiger partial charge < -0.3 is 24.4 Å². The molecule has 11 heavy (non-hydrogen) atoms. The van der Waals surface area contributed by atoms with Crippen molar-refractivity contribution in [3.63, 3.8) is 0 Å². The van der Waals surface area contributed by atoms with E-state index in [1.54, 1.807) is 0 Å². The van der Waals surface area contributed by atoms with Gasteiger partial charge in [-0.05, 0) is 0 Å². The Labute approximate surface area is 64.5 Å². The first-order valence-electron chi connectivity index (χ1n) is 3.28. The van der Waals surface area contributed by atoms with Crippen LogP contribution in [-0.2, 0) is 14.2 Å². The first-order valence-corrected chi connectivity index (χ1v) is 3.28. The van der Waals surface area contributed by atoms with Crippen LogP contribution in [0.15, 0.2) is 0 Å². The highest BCUT2D eigenvalue weighted by Gasteiger charge is 2.43. The van der Waals surface area contributed by atoms with Gasteiger partial charge in [0.15, 0.2) is 12.6 Å². The minimum absolute atomic E-state index is 0.616. The van der Waals surface area contributed by atoms with Gasteiger partial charge in [0.25, 0.3) is 0 Å². The molecule has 0 aromatic carbocycles. The van der Waals surface area contributed by atoms with E-state index in [4.69, 9.17) is 19.7 Å². The average Bonchev–Trinajstić information content (AvgIpc) is 2.24. The SMILES string of the molecule is CO[C@H]1[C@@H](O)OC(O)[C@@H]1OC. The highest BCUT2D eigenvalue weighted by molar-refractivity contribution is 4.82. The number of hydrogen-bond acceptors (Lipinski definition) is 5. The molecular weight excluding hydrogens is 152 g/mol. The number of aliphatic hydroxyl groups is 2. The second kappa shape index (κ2) is 3.46. The van der Waals surface area contributed by atoms with Crippen LogP contribution < -0.4 is 0 Å². The van der Waals surface area contributed by atoms with Crippen LogP contribution in [0.1, 0.15) is 0 Å². The summed E-state index contributed by atoms with van der Waals surface area (Å²) in [5.74, 6) is 0. The summed E-state index contributed by atoms with van der Waals surface area (Å²) in [6.07, 6.45) is -3.45. The molecule has 1 aliphatic heterocycles. The van der Waals surface area contributed by atoms with Crippen LogP contribution in [0.5, 0.6) is 0 Å². The second-order valence-corrected chi connectivity index (χ2v) is 2.32. The minimum atomic E-state index is -1.11. The van der Waals surface area contributed by atoms with Crippen molar-refractivity contribution in [1.82, 2.24) is 0 Å². The van der Waals surface area contributed by atoms with Crippen molar-refractivity contribution in [2.45, 2.75) is 24.8 Å². The van der Waals surface area contributed by atoms with Crippen LogP contribution in [0, 0.1) is 0 Å². The van der Waals surface area contributed by atoms with Crippen LogP contribution in [0.25, 0.3) is 0 Å². The summed E-state index contributed by atoms with van der Waals surface area (Å²) >= 11 is 0. The molecule has 1 saturated heterocycles. The smallest absolute Gasteiger partial charge is 0.187 e. The number of aliphatic hydroxyl groups excluding tert-OH is 2. The Bertz CT molecular complexity index is 114. The maximum atomic E-state index is 9.07. The fourth-order valence-electron chi connectivity index (χ4n) is 1.12. The zero-order chi connectivity index (χ0) is 8.43. The zero-order valence-corrected chi connectivity index (χ0v) is 6.43.